The van der Waals surface area contributed by atoms with Gasteiger partial charge in [0.1, 0.15) is 11.9 Å². The summed E-state index contributed by atoms with van der Waals surface area (Å²) in [6, 6.07) is 18.8. The van der Waals surface area contributed by atoms with Crippen LogP contribution in [0.25, 0.3) is 0 Å². The maximum atomic E-state index is 10.7. The lowest BCUT2D eigenvalue weighted by atomic mass is 9.90. The van der Waals surface area contributed by atoms with E-state index in [1.54, 1.807) is 0 Å². The Morgan fingerprint density at radius 3 is 2.50 bits per heavy atom. The highest BCUT2D eigenvalue weighted by Crippen LogP contribution is 2.33. The van der Waals surface area contributed by atoms with Crippen molar-refractivity contribution in [3.8, 4) is 5.75 Å². The molecule has 0 spiro atoms. The van der Waals surface area contributed by atoms with Crippen LogP contribution in [0.3, 0.4) is 0 Å². The van der Waals surface area contributed by atoms with Crippen LogP contribution in [-0.2, 0) is 16.0 Å². The molecular formula is C24H30O4. The van der Waals surface area contributed by atoms with Crippen LogP contribution in [0.15, 0.2) is 54.6 Å². The van der Waals surface area contributed by atoms with E-state index in [4.69, 9.17) is 14.6 Å². The zero-order valence-corrected chi connectivity index (χ0v) is 16.3. The van der Waals surface area contributed by atoms with E-state index in [2.05, 4.69) is 24.3 Å². The van der Waals surface area contributed by atoms with Gasteiger partial charge in [-0.2, -0.15) is 0 Å². The van der Waals surface area contributed by atoms with Crippen molar-refractivity contribution in [2.75, 3.05) is 13.2 Å². The summed E-state index contributed by atoms with van der Waals surface area (Å²) in [5.41, 5.74) is 2.55. The normalized spacial score (nSPS) is 20.9. The van der Waals surface area contributed by atoms with E-state index in [-0.39, 0.29) is 12.7 Å². The number of ether oxygens (including phenoxy) is 2. The van der Waals surface area contributed by atoms with Gasteiger partial charge in [0.25, 0.3) is 0 Å². The predicted octanol–water partition coefficient (Wildman–Crippen LogP) is 4.30. The summed E-state index contributed by atoms with van der Waals surface area (Å²) in [5.74, 6) is 1.48. The molecule has 1 N–H and O–H groups in total. The molecule has 28 heavy (non-hydrogen) atoms. The minimum atomic E-state index is -0.716. The average molecular weight is 383 g/mol. The van der Waals surface area contributed by atoms with Crippen molar-refractivity contribution in [3.63, 3.8) is 0 Å². The molecule has 4 nitrogen and oxygen atoms in total. The Bertz CT molecular complexity index is 698. The molecule has 0 aromatic heterocycles. The van der Waals surface area contributed by atoms with Gasteiger partial charge in [0.2, 0.25) is 0 Å². The molecule has 0 radical (unpaired) electrons. The lowest BCUT2D eigenvalue weighted by molar-refractivity contribution is -0.120. The van der Waals surface area contributed by atoms with Gasteiger partial charge in [-0.05, 0) is 61.3 Å². The molecule has 0 saturated heterocycles. The molecule has 3 atom stereocenters. The molecule has 0 amide bonds. The summed E-state index contributed by atoms with van der Waals surface area (Å²) in [6.07, 6.45) is 6.74. The summed E-state index contributed by atoms with van der Waals surface area (Å²) >= 11 is 0. The van der Waals surface area contributed by atoms with Crippen LogP contribution >= 0.6 is 0 Å². The van der Waals surface area contributed by atoms with Gasteiger partial charge >= 0.3 is 0 Å². The van der Waals surface area contributed by atoms with Gasteiger partial charge in [-0.1, -0.05) is 48.9 Å². The number of aliphatic hydroxyl groups excluding tert-OH is 1. The number of carbonyl (C=O) groups excluding carboxylic acids is 1. The third-order valence-electron chi connectivity index (χ3n) is 5.43. The summed E-state index contributed by atoms with van der Waals surface area (Å²) in [5, 5.41) is 8.97. The molecule has 4 heteroatoms. The zero-order valence-electron chi connectivity index (χ0n) is 16.3. The maximum Gasteiger partial charge on any atom is 0.151 e. The first-order valence-electron chi connectivity index (χ1n) is 10.3. The summed E-state index contributed by atoms with van der Waals surface area (Å²) in [6.45, 7) is 0.163. The quantitative estimate of drug-likeness (QED) is 0.519. The van der Waals surface area contributed by atoms with Crippen molar-refractivity contribution in [1.82, 2.24) is 0 Å². The number of carbonyl (C=O) groups is 1. The van der Waals surface area contributed by atoms with E-state index in [1.807, 2.05) is 30.3 Å². The second-order valence-electron chi connectivity index (χ2n) is 7.49. The van der Waals surface area contributed by atoms with Crippen molar-refractivity contribution in [1.29, 1.82) is 0 Å². The van der Waals surface area contributed by atoms with Crippen molar-refractivity contribution in [3.05, 3.63) is 65.7 Å². The fourth-order valence-electron chi connectivity index (χ4n) is 3.84. The highest BCUT2D eigenvalue weighted by Gasteiger charge is 2.23. The monoisotopic (exact) mass is 382 g/mol. The Labute approximate surface area is 167 Å². The number of aliphatic hydroxyl groups is 1. The van der Waals surface area contributed by atoms with Gasteiger partial charge in [-0.3, -0.25) is 0 Å². The Morgan fingerprint density at radius 1 is 1.04 bits per heavy atom. The standard InChI is InChI=1S/C24H30O4/c25-17-24(18-26)27-15-14-19-10-12-20(13-11-19)21-6-4-5-9-23(16-21)28-22-7-2-1-3-8-22/h1-3,7-8,10-13,17,21,23-24,26H,4-6,9,14-16,18H2. The van der Waals surface area contributed by atoms with Crippen LogP contribution in [0.4, 0.5) is 0 Å². The Hall–Kier alpha value is -2.17. The van der Waals surface area contributed by atoms with Gasteiger partial charge < -0.3 is 19.4 Å². The van der Waals surface area contributed by atoms with Gasteiger partial charge in [-0.15, -0.1) is 0 Å². The first-order chi connectivity index (χ1) is 13.8. The highest BCUT2D eigenvalue weighted by atomic mass is 16.5. The van der Waals surface area contributed by atoms with Gasteiger partial charge in [0.15, 0.2) is 6.29 Å². The first kappa shape index (κ1) is 20.6. The maximum absolute atomic E-state index is 10.7. The topological polar surface area (TPSA) is 55.8 Å². The second kappa shape index (κ2) is 11.0. The number of rotatable bonds is 9. The molecule has 1 aliphatic rings. The van der Waals surface area contributed by atoms with E-state index >= 15 is 0 Å². The molecule has 1 saturated carbocycles. The Balaban J connectivity index is 1.55. The smallest absolute Gasteiger partial charge is 0.151 e. The van der Waals surface area contributed by atoms with E-state index in [0.29, 0.717) is 18.8 Å². The first-order valence-corrected chi connectivity index (χ1v) is 10.3. The minimum absolute atomic E-state index is 0.265. The lowest BCUT2D eigenvalue weighted by Gasteiger charge is -2.22. The van der Waals surface area contributed by atoms with Crippen molar-refractivity contribution >= 4 is 6.29 Å². The van der Waals surface area contributed by atoms with Crippen LogP contribution in [0.5, 0.6) is 5.75 Å². The largest absolute Gasteiger partial charge is 0.490 e. The van der Waals surface area contributed by atoms with Gasteiger partial charge in [0, 0.05) is 0 Å². The van der Waals surface area contributed by atoms with Crippen molar-refractivity contribution in [2.24, 2.45) is 0 Å². The zero-order chi connectivity index (χ0) is 19.6. The summed E-state index contributed by atoms with van der Waals surface area (Å²) in [4.78, 5) is 10.7. The van der Waals surface area contributed by atoms with E-state index in [9.17, 15) is 4.79 Å². The number of hydrogen-bond acceptors (Lipinski definition) is 4. The van der Waals surface area contributed by atoms with E-state index in [1.165, 1.54) is 30.4 Å². The molecule has 3 unspecified atom stereocenters. The molecule has 2 aromatic rings. The van der Waals surface area contributed by atoms with Crippen molar-refractivity contribution in [2.45, 2.75) is 56.7 Å². The molecule has 3 rings (SSSR count). The van der Waals surface area contributed by atoms with Crippen LogP contribution in [0, 0.1) is 0 Å². The van der Waals surface area contributed by atoms with Gasteiger partial charge in [0.05, 0.1) is 19.3 Å². The van der Waals surface area contributed by atoms with Crippen LogP contribution in [0.1, 0.15) is 49.1 Å². The predicted molar refractivity (Wildman–Crippen MR) is 110 cm³/mol. The minimum Gasteiger partial charge on any atom is -0.490 e. The Morgan fingerprint density at radius 2 is 1.79 bits per heavy atom. The van der Waals surface area contributed by atoms with E-state index < -0.39 is 6.10 Å². The second-order valence-corrected chi connectivity index (χ2v) is 7.49. The SMILES string of the molecule is O=CC(CO)OCCc1ccc(C2CCCCC(Oc3ccccc3)C2)cc1. The molecular weight excluding hydrogens is 352 g/mol. The lowest BCUT2D eigenvalue weighted by Crippen LogP contribution is -2.20. The molecule has 0 aliphatic heterocycles. The van der Waals surface area contributed by atoms with Crippen LogP contribution in [0.2, 0.25) is 0 Å². The number of aldehydes is 1. The fraction of sp³-hybridized carbons (Fsp3) is 0.458. The number of hydrogen-bond donors (Lipinski definition) is 1. The van der Waals surface area contributed by atoms with Crippen LogP contribution in [-0.4, -0.2) is 36.8 Å². The van der Waals surface area contributed by atoms with Crippen LogP contribution < -0.4 is 4.74 Å². The molecule has 0 heterocycles. The molecule has 1 fully saturated rings. The summed E-state index contributed by atoms with van der Waals surface area (Å²) < 4.78 is 11.6. The molecule has 2 aromatic carbocycles. The highest BCUT2D eigenvalue weighted by molar-refractivity contribution is 5.56. The third-order valence-corrected chi connectivity index (χ3v) is 5.43. The van der Waals surface area contributed by atoms with Gasteiger partial charge in [-0.25, -0.2) is 0 Å². The number of benzene rings is 2. The Kier molecular flexibility index (Phi) is 8.07. The molecule has 0 bridgehead atoms. The van der Waals surface area contributed by atoms with E-state index in [0.717, 1.165) is 25.0 Å². The fourth-order valence-corrected chi connectivity index (χ4v) is 3.84. The number of para-hydroxylation sites is 1. The third kappa shape index (κ3) is 6.18. The summed E-state index contributed by atoms with van der Waals surface area (Å²) in [7, 11) is 0. The molecule has 1 aliphatic carbocycles. The average Bonchev–Trinajstić information content (AvgIpc) is 2.98. The van der Waals surface area contributed by atoms with Crippen molar-refractivity contribution < 1.29 is 19.4 Å². The molecule has 150 valence electrons.